The number of ether oxygens (including phenoxy) is 1. The number of methoxy groups -OCH3 is 1. The minimum Gasteiger partial charge on any atom is -0.507 e. The lowest BCUT2D eigenvalue weighted by Gasteiger charge is -2.15. The van der Waals surface area contributed by atoms with Crippen molar-refractivity contribution in [3.8, 4) is 28.8 Å². The van der Waals surface area contributed by atoms with Gasteiger partial charge in [0.05, 0.1) is 12.7 Å². The molecule has 22 heavy (non-hydrogen) atoms. The van der Waals surface area contributed by atoms with E-state index in [9.17, 15) is 15.2 Å². The summed E-state index contributed by atoms with van der Waals surface area (Å²) in [7, 11) is 1.53. The van der Waals surface area contributed by atoms with E-state index in [4.69, 9.17) is 4.74 Å². The van der Waals surface area contributed by atoms with Crippen LogP contribution in [0.1, 0.15) is 16.7 Å². The molecule has 0 aliphatic rings. The van der Waals surface area contributed by atoms with Crippen LogP contribution in [0.3, 0.4) is 0 Å². The molecule has 1 heterocycles. The largest absolute Gasteiger partial charge is 0.507 e. The van der Waals surface area contributed by atoms with Crippen LogP contribution >= 0.6 is 11.8 Å². The van der Waals surface area contributed by atoms with E-state index in [1.165, 1.54) is 24.9 Å². The second kappa shape index (κ2) is 6.12. The number of aromatic hydroxyl groups is 1. The zero-order valence-corrected chi connectivity index (χ0v) is 13.5. The minimum atomic E-state index is -0.532. The van der Waals surface area contributed by atoms with Crippen molar-refractivity contribution in [1.29, 1.82) is 5.26 Å². The highest BCUT2D eigenvalue weighted by Crippen LogP contribution is 2.39. The molecule has 2 rings (SSSR count). The molecule has 0 radical (unpaired) electrons. The van der Waals surface area contributed by atoms with Crippen LogP contribution in [0.15, 0.2) is 16.0 Å². The summed E-state index contributed by atoms with van der Waals surface area (Å²) in [4.78, 5) is 18.8. The van der Waals surface area contributed by atoms with Gasteiger partial charge in [-0.3, -0.25) is 4.79 Å². The van der Waals surface area contributed by atoms with Gasteiger partial charge in [0, 0.05) is 5.56 Å². The molecule has 0 bridgehead atoms. The normalized spacial score (nSPS) is 10.3. The lowest BCUT2D eigenvalue weighted by Crippen LogP contribution is -2.15. The standard InChI is InChI=1S/C15H15N3O3S/c1-7-5-10(19)11(8(2)13(7)21-3)12-9(6-16)14(20)18-15(17-12)22-4/h5,19H,1-4H3,(H,17,18,20). The monoisotopic (exact) mass is 317 g/mol. The van der Waals surface area contributed by atoms with Gasteiger partial charge in [-0.15, -0.1) is 0 Å². The predicted octanol–water partition coefficient (Wildman–Crippen LogP) is 2.36. The zero-order chi connectivity index (χ0) is 16.4. The number of benzene rings is 1. The van der Waals surface area contributed by atoms with Crippen LogP contribution in [0, 0.1) is 25.2 Å². The van der Waals surface area contributed by atoms with Crippen LogP contribution in [0.25, 0.3) is 11.3 Å². The SMILES string of the molecule is COc1c(C)cc(O)c(-c2nc(SC)[nH]c(=O)c2C#N)c1C. The molecule has 0 saturated carbocycles. The van der Waals surface area contributed by atoms with E-state index < -0.39 is 5.56 Å². The number of hydrogen-bond acceptors (Lipinski definition) is 6. The first-order valence-electron chi connectivity index (χ1n) is 6.40. The molecule has 7 heteroatoms. The lowest BCUT2D eigenvalue weighted by molar-refractivity contribution is 0.406. The number of thioether (sulfide) groups is 1. The first kappa shape index (κ1) is 15.9. The third-order valence-corrected chi connectivity index (χ3v) is 3.91. The van der Waals surface area contributed by atoms with Crippen molar-refractivity contribution < 1.29 is 9.84 Å². The van der Waals surface area contributed by atoms with Crippen molar-refractivity contribution in [3.05, 3.63) is 33.1 Å². The molecular weight excluding hydrogens is 302 g/mol. The Morgan fingerprint density at radius 1 is 1.45 bits per heavy atom. The predicted molar refractivity (Wildman–Crippen MR) is 84.5 cm³/mol. The third-order valence-electron chi connectivity index (χ3n) is 3.33. The van der Waals surface area contributed by atoms with E-state index in [1.807, 2.05) is 6.07 Å². The molecule has 0 unspecified atom stereocenters. The van der Waals surface area contributed by atoms with Gasteiger partial charge in [0.15, 0.2) is 5.16 Å². The number of aromatic nitrogens is 2. The van der Waals surface area contributed by atoms with E-state index in [-0.39, 0.29) is 17.0 Å². The van der Waals surface area contributed by atoms with E-state index in [0.29, 0.717) is 22.0 Å². The summed E-state index contributed by atoms with van der Waals surface area (Å²) in [5, 5.41) is 19.9. The molecule has 0 fully saturated rings. The molecule has 114 valence electrons. The quantitative estimate of drug-likeness (QED) is 0.666. The minimum absolute atomic E-state index is 0.0440. The average Bonchev–Trinajstić information content (AvgIpc) is 2.46. The Labute approximate surface area is 131 Å². The highest BCUT2D eigenvalue weighted by Gasteiger charge is 2.21. The molecule has 6 nitrogen and oxygen atoms in total. The van der Waals surface area contributed by atoms with Gasteiger partial charge in [0.25, 0.3) is 5.56 Å². The molecule has 0 saturated heterocycles. The number of nitrogens with one attached hydrogen (secondary N) is 1. The fourth-order valence-electron chi connectivity index (χ4n) is 2.39. The van der Waals surface area contributed by atoms with Crippen molar-refractivity contribution >= 4 is 11.8 Å². The maximum absolute atomic E-state index is 12.0. The zero-order valence-electron chi connectivity index (χ0n) is 12.6. The molecule has 2 aromatic rings. The van der Waals surface area contributed by atoms with Gasteiger partial charge in [0.2, 0.25) is 0 Å². The highest BCUT2D eigenvalue weighted by atomic mass is 32.2. The number of nitriles is 1. The molecule has 0 spiro atoms. The smallest absolute Gasteiger partial charge is 0.270 e. The van der Waals surface area contributed by atoms with Gasteiger partial charge in [-0.1, -0.05) is 11.8 Å². The number of nitrogens with zero attached hydrogens (tertiary/aromatic N) is 2. The summed E-state index contributed by atoms with van der Waals surface area (Å²) in [6.07, 6.45) is 1.76. The average molecular weight is 317 g/mol. The van der Waals surface area contributed by atoms with Crippen molar-refractivity contribution in [2.75, 3.05) is 13.4 Å². The van der Waals surface area contributed by atoms with E-state index in [0.717, 1.165) is 5.56 Å². The van der Waals surface area contributed by atoms with Gasteiger partial charge in [-0.25, -0.2) is 4.98 Å². The highest BCUT2D eigenvalue weighted by molar-refractivity contribution is 7.98. The molecule has 1 aromatic carbocycles. The third kappa shape index (κ3) is 2.53. The van der Waals surface area contributed by atoms with Crippen LogP contribution in [-0.4, -0.2) is 28.4 Å². The molecule has 0 atom stereocenters. The number of phenolic OH excluding ortho intramolecular Hbond substituents is 1. The number of rotatable bonds is 3. The first-order valence-corrected chi connectivity index (χ1v) is 7.63. The summed E-state index contributed by atoms with van der Waals surface area (Å²) in [5.74, 6) is 0.543. The second-order valence-corrected chi connectivity index (χ2v) is 5.45. The van der Waals surface area contributed by atoms with Crippen molar-refractivity contribution in [1.82, 2.24) is 9.97 Å². The Kier molecular flexibility index (Phi) is 4.43. The van der Waals surface area contributed by atoms with Gasteiger partial charge < -0.3 is 14.8 Å². The van der Waals surface area contributed by atoms with Gasteiger partial charge in [-0.05, 0) is 31.7 Å². The van der Waals surface area contributed by atoms with Crippen molar-refractivity contribution in [2.45, 2.75) is 19.0 Å². The Morgan fingerprint density at radius 2 is 2.14 bits per heavy atom. The molecule has 0 aliphatic heterocycles. The maximum atomic E-state index is 12.0. The van der Waals surface area contributed by atoms with E-state index >= 15 is 0 Å². The fourth-order valence-corrected chi connectivity index (χ4v) is 2.77. The van der Waals surface area contributed by atoms with Crippen LogP contribution in [0.4, 0.5) is 0 Å². The number of aryl methyl sites for hydroxylation is 1. The van der Waals surface area contributed by atoms with E-state index in [1.54, 1.807) is 20.1 Å². The summed E-state index contributed by atoms with van der Waals surface area (Å²) in [6.45, 7) is 3.56. The summed E-state index contributed by atoms with van der Waals surface area (Å²) >= 11 is 1.25. The van der Waals surface area contributed by atoms with E-state index in [2.05, 4.69) is 9.97 Å². The lowest BCUT2D eigenvalue weighted by atomic mass is 9.97. The van der Waals surface area contributed by atoms with Crippen LogP contribution in [0.2, 0.25) is 0 Å². The van der Waals surface area contributed by atoms with Gasteiger partial charge in [-0.2, -0.15) is 5.26 Å². The summed E-state index contributed by atoms with van der Waals surface area (Å²) in [6, 6.07) is 3.38. The summed E-state index contributed by atoms with van der Waals surface area (Å²) in [5.41, 5.74) is 1.21. The Bertz CT molecular complexity index is 837. The number of H-pyrrole nitrogens is 1. The Balaban J connectivity index is 2.91. The fraction of sp³-hybridized carbons (Fsp3) is 0.267. The Hall–Kier alpha value is -2.46. The number of phenols is 1. The van der Waals surface area contributed by atoms with Crippen LogP contribution < -0.4 is 10.3 Å². The maximum Gasteiger partial charge on any atom is 0.270 e. The van der Waals surface area contributed by atoms with Gasteiger partial charge in [0.1, 0.15) is 28.8 Å². The topological polar surface area (TPSA) is 99.0 Å². The summed E-state index contributed by atoms with van der Waals surface area (Å²) < 4.78 is 5.34. The van der Waals surface area contributed by atoms with Crippen molar-refractivity contribution in [3.63, 3.8) is 0 Å². The van der Waals surface area contributed by atoms with Gasteiger partial charge >= 0.3 is 0 Å². The molecule has 2 N–H and O–H groups in total. The van der Waals surface area contributed by atoms with Crippen LogP contribution in [-0.2, 0) is 0 Å². The molecule has 1 aromatic heterocycles. The Morgan fingerprint density at radius 3 is 2.68 bits per heavy atom. The second-order valence-electron chi connectivity index (χ2n) is 4.66. The first-order chi connectivity index (χ1) is 10.4. The van der Waals surface area contributed by atoms with Crippen LogP contribution in [0.5, 0.6) is 11.5 Å². The molecule has 0 amide bonds. The number of hydrogen-bond donors (Lipinski definition) is 2. The molecule has 0 aliphatic carbocycles. The van der Waals surface area contributed by atoms with Crippen molar-refractivity contribution in [2.24, 2.45) is 0 Å². The number of aromatic amines is 1. The molecular formula is C15H15N3O3S.